The number of rotatable bonds is 7. The van der Waals surface area contributed by atoms with Crippen molar-refractivity contribution in [2.24, 2.45) is 5.92 Å². The van der Waals surface area contributed by atoms with Crippen molar-refractivity contribution in [3.05, 3.63) is 73.1 Å². The summed E-state index contributed by atoms with van der Waals surface area (Å²) in [6, 6.07) is 5.65. The van der Waals surface area contributed by atoms with Crippen molar-refractivity contribution in [2.45, 2.75) is 51.2 Å². The van der Waals surface area contributed by atoms with Crippen LogP contribution in [-0.4, -0.2) is 39.1 Å². The molecule has 186 valence electrons. The molecule has 1 unspecified atom stereocenters. The Morgan fingerprint density at radius 2 is 1.86 bits per heavy atom. The van der Waals surface area contributed by atoms with Crippen molar-refractivity contribution in [1.29, 1.82) is 0 Å². The van der Waals surface area contributed by atoms with Crippen molar-refractivity contribution in [1.82, 2.24) is 19.4 Å². The molecule has 1 aromatic carbocycles. The first-order valence-corrected chi connectivity index (χ1v) is 12.6. The molecule has 1 saturated heterocycles. The lowest BCUT2D eigenvalue weighted by atomic mass is 9.94. The van der Waals surface area contributed by atoms with Crippen LogP contribution in [0.15, 0.2) is 40.1 Å². The number of alkyl halides is 3. The Kier molecular flexibility index (Phi) is 5.99. The van der Waals surface area contributed by atoms with E-state index in [1.54, 1.807) is 22.9 Å². The van der Waals surface area contributed by atoms with Crippen LogP contribution in [0.3, 0.4) is 0 Å². The zero-order valence-electron chi connectivity index (χ0n) is 19.6. The van der Waals surface area contributed by atoms with Gasteiger partial charge < -0.3 is 4.90 Å². The fourth-order valence-corrected chi connectivity index (χ4v) is 6.36. The Balaban J connectivity index is 1.17. The first-order valence-electron chi connectivity index (χ1n) is 11.7. The highest BCUT2D eigenvalue weighted by Crippen LogP contribution is 2.59. The van der Waals surface area contributed by atoms with Crippen LogP contribution in [0, 0.1) is 19.8 Å². The zero-order chi connectivity index (χ0) is 25.0. The van der Waals surface area contributed by atoms with Gasteiger partial charge in [-0.25, -0.2) is 9.78 Å². The number of piperidine rings is 1. The van der Waals surface area contributed by atoms with Crippen LogP contribution in [0.5, 0.6) is 0 Å². The third-order valence-electron chi connectivity index (χ3n) is 7.29. The fraction of sp³-hybridized carbons (Fsp3) is 0.480. The van der Waals surface area contributed by atoms with Crippen molar-refractivity contribution in [3.8, 4) is 10.4 Å². The Morgan fingerprint density at radius 1 is 1.14 bits per heavy atom. The number of hydrogen-bond acceptors (Lipinski definition) is 5. The Morgan fingerprint density at radius 3 is 2.51 bits per heavy atom. The number of nitrogens with zero attached hydrogens (tertiary/aromatic N) is 3. The van der Waals surface area contributed by atoms with Gasteiger partial charge >= 0.3 is 11.9 Å². The molecule has 1 aliphatic carbocycles. The quantitative estimate of drug-likeness (QED) is 0.486. The number of halogens is 3. The summed E-state index contributed by atoms with van der Waals surface area (Å²) in [4.78, 5) is 34.6. The average molecular weight is 505 g/mol. The van der Waals surface area contributed by atoms with Gasteiger partial charge in [0, 0.05) is 31.2 Å². The summed E-state index contributed by atoms with van der Waals surface area (Å²) in [6.07, 6.45) is 0.0103. The lowest BCUT2D eigenvalue weighted by Crippen LogP contribution is -2.31. The van der Waals surface area contributed by atoms with E-state index >= 15 is 0 Å². The minimum atomic E-state index is -4.31. The summed E-state index contributed by atoms with van der Waals surface area (Å²) in [7, 11) is 0. The summed E-state index contributed by atoms with van der Waals surface area (Å²) < 4.78 is 40.2. The molecule has 1 aliphatic heterocycles. The maximum Gasteiger partial charge on any atom is 0.416 e. The van der Waals surface area contributed by atoms with Gasteiger partial charge in [-0.3, -0.25) is 14.3 Å². The highest BCUT2D eigenvalue weighted by atomic mass is 32.1. The number of aryl methyl sites for hydroxylation is 3. The van der Waals surface area contributed by atoms with E-state index in [0.29, 0.717) is 18.0 Å². The Labute approximate surface area is 204 Å². The molecule has 2 atom stereocenters. The number of aromatic amines is 1. The first kappa shape index (κ1) is 24.0. The lowest BCUT2D eigenvalue weighted by Gasteiger charge is -2.21. The van der Waals surface area contributed by atoms with E-state index in [1.807, 2.05) is 13.8 Å². The van der Waals surface area contributed by atoms with E-state index in [2.05, 4.69) is 14.9 Å². The monoisotopic (exact) mass is 504 g/mol. The topological polar surface area (TPSA) is 71.0 Å². The van der Waals surface area contributed by atoms with Crippen molar-refractivity contribution >= 4 is 11.3 Å². The summed E-state index contributed by atoms with van der Waals surface area (Å²) in [6.45, 7) is 6.92. The molecule has 0 spiro atoms. The number of benzene rings is 1. The summed E-state index contributed by atoms with van der Waals surface area (Å²) >= 11 is 1.44. The predicted octanol–water partition coefficient (Wildman–Crippen LogP) is 4.35. The maximum absolute atomic E-state index is 12.9. The summed E-state index contributed by atoms with van der Waals surface area (Å²) in [5, 5.41) is 0.868. The molecular weight excluding hydrogens is 477 g/mol. The molecule has 6 nitrogen and oxygen atoms in total. The van der Waals surface area contributed by atoms with E-state index in [0.717, 1.165) is 60.0 Å². The predicted molar refractivity (Wildman–Crippen MR) is 129 cm³/mol. The van der Waals surface area contributed by atoms with E-state index in [4.69, 9.17) is 0 Å². The van der Waals surface area contributed by atoms with Crippen molar-refractivity contribution < 1.29 is 13.2 Å². The lowest BCUT2D eigenvalue weighted by molar-refractivity contribution is -0.137. The van der Waals surface area contributed by atoms with Gasteiger partial charge in [-0.15, -0.1) is 11.3 Å². The van der Waals surface area contributed by atoms with Crippen LogP contribution in [0.25, 0.3) is 10.4 Å². The molecule has 3 aromatic rings. The number of fused-ring (bicyclic) bond motifs is 1. The van der Waals surface area contributed by atoms with Gasteiger partial charge in [0.2, 0.25) is 0 Å². The minimum absolute atomic E-state index is 0.0143. The van der Waals surface area contributed by atoms with Crippen molar-refractivity contribution in [2.75, 3.05) is 19.6 Å². The van der Waals surface area contributed by atoms with Gasteiger partial charge in [-0.05, 0) is 63.3 Å². The second-order valence-electron chi connectivity index (χ2n) is 9.72. The number of H-pyrrole nitrogens is 1. The normalized spacial score (nSPS) is 21.9. The van der Waals surface area contributed by atoms with E-state index in [1.165, 1.54) is 23.5 Å². The molecule has 5 rings (SSSR count). The van der Waals surface area contributed by atoms with E-state index in [-0.39, 0.29) is 5.41 Å². The Hall–Kier alpha value is -2.72. The molecule has 1 N–H and O–H groups in total. The summed E-state index contributed by atoms with van der Waals surface area (Å²) in [5.74, 6) is 0.495. The van der Waals surface area contributed by atoms with Gasteiger partial charge in [0.15, 0.2) is 0 Å². The number of hydrogen-bond donors (Lipinski definition) is 1. The van der Waals surface area contributed by atoms with Crippen molar-refractivity contribution in [3.63, 3.8) is 0 Å². The third kappa shape index (κ3) is 4.61. The van der Waals surface area contributed by atoms with Gasteiger partial charge in [0.05, 0.1) is 26.7 Å². The molecule has 3 heterocycles. The van der Waals surface area contributed by atoms with Gasteiger partial charge in [-0.1, -0.05) is 12.1 Å². The third-order valence-corrected chi connectivity index (χ3v) is 8.39. The number of likely N-dealkylation sites (tertiary alicyclic amines) is 1. The molecule has 2 fully saturated rings. The average Bonchev–Trinajstić information content (AvgIpc) is 3.19. The molecule has 0 amide bonds. The molecule has 1 saturated carbocycles. The second kappa shape index (κ2) is 8.74. The molecule has 0 bridgehead atoms. The number of aromatic nitrogens is 3. The standard InChI is InChI=1S/C25H27F3N4O2S/c1-15-21(35-16(2)29-15)20-13-32(23(34)30-22(20)33)10-4-3-9-31-12-19-11-24(19,14-31)17-5-7-18(8-6-17)25(26,27)28/h5-8,13,19H,3-4,9-12,14H2,1-2H3,(H,30,33,34)/t19?,24-/m1/s1. The number of thiazole rings is 1. The van der Waals surface area contributed by atoms with Crippen LogP contribution in [0.2, 0.25) is 0 Å². The second-order valence-corrected chi connectivity index (χ2v) is 10.9. The minimum Gasteiger partial charge on any atom is -0.302 e. The van der Waals surface area contributed by atoms with Gasteiger partial charge in [0.1, 0.15) is 0 Å². The van der Waals surface area contributed by atoms with Crippen LogP contribution in [0.1, 0.15) is 41.1 Å². The molecule has 2 aromatic heterocycles. The largest absolute Gasteiger partial charge is 0.416 e. The van der Waals surface area contributed by atoms with Crippen LogP contribution in [0.4, 0.5) is 13.2 Å². The number of unbranched alkanes of at least 4 members (excludes halogenated alkanes) is 1. The van der Waals surface area contributed by atoms with Crippen LogP contribution >= 0.6 is 11.3 Å². The smallest absolute Gasteiger partial charge is 0.302 e. The van der Waals surface area contributed by atoms with E-state index < -0.39 is 23.0 Å². The van der Waals surface area contributed by atoms with E-state index in [9.17, 15) is 22.8 Å². The fourth-order valence-electron chi connectivity index (χ4n) is 5.43. The molecule has 0 radical (unpaired) electrons. The molecule has 10 heteroatoms. The molecule has 35 heavy (non-hydrogen) atoms. The number of nitrogens with one attached hydrogen (secondary N) is 1. The van der Waals surface area contributed by atoms with Crippen LogP contribution < -0.4 is 11.2 Å². The highest BCUT2D eigenvalue weighted by Gasteiger charge is 2.60. The SMILES string of the molecule is Cc1nc(C)c(-c2cn(CCCCN3CC4C[C@]4(c4ccc(C(F)(F)F)cc4)C3)c(=O)[nH]c2=O)s1. The Bertz CT molecular complexity index is 1360. The molecular formula is C25H27F3N4O2S. The van der Waals surface area contributed by atoms with Gasteiger partial charge in [0.25, 0.3) is 5.56 Å². The first-order chi connectivity index (χ1) is 16.6. The van der Waals surface area contributed by atoms with Crippen LogP contribution in [-0.2, 0) is 18.1 Å². The van der Waals surface area contributed by atoms with Gasteiger partial charge in [-0.2, -0.15) is 13.2 Å². The summed E-state index contributed by atoms with van der Waals surface area (Å²) in [5.41, 5.74) is 0.803. The zero-order valence-corrected chi connectivity index (χ0v) is 20.4. The molecule has 2 aliphatic rings. The highest BCUT2D eigenvalue weighted by molar-refractivity contribution is 7.15. The maximum atomic E-state index is 12.9.